The quantitative estimate of drug-likeness (QED) is 0.844. The second-order valence-electron chi connectivity index (χ2n) is 4.28. The highest BCUT2D eigenvalue weighted by Gasteiger charge is 2.06. The number of halogens is 1. The number of ether oxygens (including phenoxy) is 1. The first-order valence-corrected chi connectivity index (χ1v) is 6.23. The molecule has 0 bridgehead atoms. The summed E-state index contributed by atoms with van der Waals surface area (Å²) in [6.07, 6.45) is 0.608. The third kappa shape index (κ3) is 3.26. The molecule has 2 aromatic carbocycles. The van der Waals surface area contributed by atoms with Gasteiger partial charge in [-0.3, -0.25) is 4.79 Å². The number of anilines is 1. The zero-order valence-electron chi connectivity index (χ0n) is 10.7. The van der Waals surface area contributed by atoms with Gasteiger partial charge >= 0.3 is 0 Å². The summed E-state index contributed by atoms with van der Waals surface area (Å²) in [5, 5.41) is 2.99. The highest BCUT2D eigenvalue weighted by atomic mass is 35.5. The molecule has 0 aliphatic carbocycles. The van der Waals surface area contributed by atoms with E-state index in [1.165, 1.54) is 0 Å². The van der Waals surface area contributed by atoms with Crippen molar-refractivity contribution in [2.45, 2.75) is 13.8 Å². The molecule has 0 heterocycles. The number of carbonyl (C=O) groups excluding carboxylic acids is 1. The molecular weight excluding hydrogens is 262 g/mol. The Bertz CT molecular complexity index is 611. The molecule has 4 heteroatoms. The van der Waals surface area contributed by atoms with E-state index in [1.807, 2.05) is 32.0 Å². The highest BCUT2D eigenvalue weighted by Crippen LogP contribution is 2.33. The van der Waals surface area contributed by atoms with Crippen molar-refractivity contribution < 1.29 is 9.53 Å². The maximum Gasteiger partial charge on any atom is 0.211 e. The van der Waals surface area contributed by atoms with Gasteiger partial charge in [0.2, 0.25) is 6.41 Å². The lowest BCUT2D eigenvalue weighted by atomic mass is 10.1. The van der Waals surface area contributed by atoms with Crippen LogP contribution < -0.4 is 10.1 Å². The van der Waals surface area contributed by atoms with Crippen molar-refractivity contribution in [2.75, 3.05) is 5.32 Å². The number of rotatable bonds is 4. The molecule has 1 N–H and O–H groups in total. The van der Waals surface area contributed by atoms with E-state index < -0.39 is 0 Å². The summed E-state index contributed by atoms with van der Waals surface area (Å²) in [5.41, 5.74) is 2.79. The summed E-state index contributed by atoms with van der Waals surface area (Å²) >= 11 is 6.13. The van der Waals surface area contributed by atoms with Crippen molar-refractivity contribution in [3.63, 3.8) is 0 Å². The van der Waals surface area contributed by atoms with Crippen molar-refractivity contribution in [3.05, 3.63) is 52.5 Å². The van der Waals surface area contributed by atoms with Gasteiger partial charge in [0.1, 0.15) is 11.5 Å². The van der Waals surface area contributed by atoms with Gasteiger partial charge in [0.05, 0.1) is 5.02 Å². The summed E-state index contributed by atoms with van der Waals surface area (Å²) in [4.78, 5) is 10.4. The van der Waals surface area contributed by atoms with Crippen LogP contribution in [0.5, 0.6) is 11.5 Å². The molecule has 0 unspecified atom stereocenters. The van der Waals surface area contributed by atoms with Crippen LogP contribution in [0.25, 0.3) is 0 Å². The SMILES string of the molecule is Cc1ccc(C)c(Oc2ccc(NC=O)cc2Cl)c1. The smallest absolute Gasteiger partial charge is 0.211 e. The number of amides is 1. The zero-order chi connectivity index (χ0) is 13.8. The minimum Gasteiger partial charge on any atom is -0.456 e. The molecule has 0 spiro atoms. The van der Waals surface area contributed by atoms with Crippen LogP contribution in [0.2, 0.25) is 5.02 Å². The number of aryl methyl sites for hydroxylation is 2. The number of nitrogens with one attached hydrogen (secondary N) is 1. The minimum atomic E-state index is 0.452. The van der Waals surface area contributed by atoms with Gasteiger partial charge in [-0.1, -0.05) is 23.7 Å². The second-order valence-corrected chi connectivity index (χ2v) is 4.69. The van der Waals surface area contributed by atoms with Crippen LogP contribution >= 0.6 is 11.6 Å². The van der Waals surface area contributed by atoms with E-state index in [2.05, 4.69) is 5.32 Å². The monoisotopic (exact) mass is 275 g/mol. The Morgan fingerprint density at radius 3 is 2.58 bits per heavy atom. The van der Waals surface area contributed by atoms with Gasteiger partial charge in [-0.15, -0.1) is 0 Å². The van der Waals surface area contributed by atoms with E-state index in [9.17, 15) is 4.79 Å². The van der Waals surface area contributed by atoms with Gasteiger partial charge in [0, 0.05) is 5.69 Å². The van der Waals surface area contributed by atoms with Crippen LogP contribution in [0.4, 0.5) is 5.69 Å². The van der Waals surface area contributed by atoms with Crippen LogP contribution in [0.15, 0.2) is 36.4 Å². The van der Waals surface area contributed by atoms with Crippen LogP contribution in [-0.4, -0.2) is 6.41 Å². The predicted molar refractivity (Wildman–Crippen MR) is 77.1 cm³/mol. The first kappa shape index (κ1) is 13.4. The first-order chi connectivity index (χ1) is 9.10. The molecule has 2 aromatic rings. The van der Waals surface area contributed by atoms with Crippen molar-refractivity contribution >= 4 is 23.7 Å². The summed E-state index contributed by atoms with van der Waals surface area (Å²) in [6.45, 7) is 3.98. The minimum absolute atomic E-state index is 0.452. The molecule has 19 heavy (non-hydrogen) atoms. The van der Waals surface area contributed by atoms with Gasteiger partial charge in [0.25, 0.3) is 0 Å². The Morgan fingerprint density at radius 2 is 1.89 bits per heavy atom. The molecule has 0 saturated heterocycles. The van der Waals surface area contributed by atoms with E-state index in [-0.39, 0.29) is 0 Å². The normalized spacial score (nSPS) is 10.1. The maximum absolute atomic E-state index is 10.4. The number of carbonyl (C=O) groups is 1. The van der Waals surface area contributed by atoms with E-state index in [1.54, 1.807) is 18.2 Å². The third-order valence-corrected chi connectivity index (χ3v) is 3.02. The molecule has 98 valence electrons. The molecule has 1 amide bonds. The van der Waals surface area contributed by atoms with Crippen molar-refractivity contribution in [3.8, 4) is 11.5 Å². The average molecular weight is 276 g/mol. The Labute approximate surface area is 117 Å². The molecule has 3 nitrogen and oxygen atoms in total. The van der Waals surface area contributed by atoms with E-state index in [0.29, 0.717) is 22.9 Å². The maximum atomic E-state index is 10.4. The zero-order valence-corrected chi connectivity index (χ0v) is 11.5. The van der Waals surface area contributed by atoms with Gasteiger partial charge in [-0.25, -0.2) is 0 Å². The molecule has 0 saturated carbocycles. The summed E-state index contributed by atoms with van der Waals surface area (Å²) < 4.78 is 5.81. The Balaban J connectivity index is 2.28. The van der Waals surface area contributed by atoms with Crippen LogP contribution in [0, 0.1) is 13.8 Å². The standard InChI is InChI=1S/C15H14ClNO2/c1-10-3-4-11(2)15(7-10)19-14-6-5-12(17-9-18)8-13(14)16/h3-9H,1-2H3,(H,17,18). The number of hydrogen-bond acceptors (Lipinski definition) is 2. The second kappa shape index (κ2) is 5.76. The molecular formula is C15H14ClNO2. The van der Waals surface area contributed by atoms with Crippen molar-refractivity contribution in [1.29, 1.82) is 0 Å². The summed E-state index contributed by atoms with van der Waals surface area (Å²) in [7, 11) is 0. The molecule has 0 aromatic heterocycles. The molecule has 0 fully saturated rings. The lowest BCUT2D eigenvalue weighted by Gasteiger charge is -2.11. The lowest BCUT2D eigenvalue weighted by Crippen LogP contribution is -1.94. The van der Waals surface area contributed by atoms with E-state index in [4.69, 9.17) is 16.3 Å². The number of hydrogen-bond donors (Lipinski definition) is 1. The Kier molecular flexibility index (Phi) is 4.07. The fraction of sp³-hybridized carbons (Fsp3) is 0.133. The van der Waals surface area contributed by atoms with Crippen molar-refractivity contribution in [2.24, 2.45) is 0 Å². The molecule has 0 aliphatic heterocycles. The van der Waals surface area contributed by atoms with Crippen LogP contribution in [0.3, 0.4) is 0 Å². The van der Waals surface area contributed by atoms with Crippen molar-refractivity contribution in [1.82, 2.24) is 0 Å². The Hall–Kier alpha value is -2.00. The van der Waals surface area contributed by atoms with Gasteiger partial charge in [0.15, 0.2) is 0 Å². The molecule has 0 aliphatic rings. The topological polar surface area (TPSA) is 38.3 Å². The average Bonchev–Trinajstić information content (AvgIpc) is 2.37. The van der Waals surface area contributed by atoms with E-state index >= 15 is 0 Å². The van der Waals surface area contributed by atoms with Gasteiger partial charge < -0.3 is 10.1 Å². The first-order valence-electron chi connectivity index (χ1n) is 5.85. The van der Waals surface area contributed by atoms with Gasteiger partial charge in [-0.05, 0) is 49.2 Å². The fourth-order valence-corrected chi connectivity index (χ4v) is 1.90. The Morgan fingerprint density at radius 1 is 1.11 bits per heavy atom. The molecule has 2 rings (SSSR count). The number of benzene rings is 2. The summed E-state index contributed by atoms with van der Waals surface area (Å²) in [6, 6.07) is 11.1. The lowest BCUT2D eigenvalue weighted by molar-refractivity contribution is -0.105. The molecule has 0 radical (unpaired) electrons. The van der Waals surface area contributed by atoms with E-state index in [0.717, 1.165) is 16.9 Å². The highest BCUT2D eigenvalue weighted by molar-refractivity contribution is 6.32. The summed E-state index contributed by atoms with van der Waals surface area (Å²) in [5.74, 6) is 1.34. The van der Waals surface area contributed by atoms with Crippen LogP contribution in [0.1, 0.15) is 11.1 Å². The predicted octanol–water partition coefficient (Wildman–Crippen LogP) is 4.32. The fourth-order valence-electron chi connectivity index (χ4n) is 1.68. The van der Waals surface area contributed by atoms with Crippen LogP contribution in [-0.2, 0) is 4.79 Å². The largest absolute Gasteiger partial charge is 0.456 e. The van der Waals surface area contributed by atoms with Gasteiger partial charge in [-0.2, -0.15) is 0 Å². The third-order valence-electron chi connectivity index (χ3n) is 2.72. The molecule has 0 atom stereocenters.